The third kappa shape index (κ3) is 6.33. The summed E-state index contributed by atoms with van der Waals surface area (Å²) in [4.78, 5) is 35.1. The lowest BCUT2D eigenvalue weighted by atomic mass is 9.97. The highest BCUT2D eigenvalue weighted by atomic mass is 16.4. The van der Waals surface area contributed by atoms with Crippen molar-refractivity contribution in [1.82, 2.24) is 15.5 Å². The predicted molar refractivity (Wildman–Crippen MR) is 73.2 cm³/mol. The van der Waals surface area contributed by atoms with Gasteiger partial charge in [-0.05, 0) is 38.4 Å². The number of urea groups is 1. The molecule has 0 aromatic rings. The summed E-state index contributed by atoms with van der Waals surface area (Å²) in [7, 11) is 0. The average molecular weight is 283 g/mol. The Hall–Kier alpha value is -1.89. The second kappa shape index (κ2) is 8.31. The van der Waals surface area contributed by atoms with E-state index in [1.807, 2.05) is 5.32 Å². The van der Waals surface area contributed by atoms with Gasteiger partial charge in [0.2, 0.25) is 0 Å². The molecule has 0 unspecified atom stereocenters. The number of hydrogen-bond acceptors (Lipinski definition) is 4. The van der Waals surface area contributed by atoms with Gasteiger partial charge < -0.3 is 15.3 Å². The van der Waals surface area contributed by atoms with Gasteiger partial charge in [-0.2, -0.15) is 0 Å². The molecule has 0 radical (unpaired) electrons. The van der Waals surface area contributed by atoms with Crippen LogP contribution in [0.4, 0.5) is 4.79 Å². The summed E-state index contributed by atoms with van der Waals surface area (Å²) in [5.41, 5.74) is 0. The van der Waals surface area contributed by atoms with E-state index in [2.05, 4.69) is 17.1 Å². The fraction of sp³-hybridized carbons (Fsp3) is 0.615. The van der Waals surface area contributed by atoms with E-state index in [1.54, 1.807) is 0 Å². The molecule has 7 nitrogen and oxygen atoms in total. The number of amides is 3. The van der Waals surface area contributed by atoms with Gasteiger partial charge in [-0.1, -0.05) is 6.92 Å². The predicted octanol–water partition coefficient (Wildman–Crippen LogP) is 0.185. The SMILES string of the molecule is CCN1CCC(CNC(=O)NC(=O)C=CC(=O)O)CC1. The van der Waals surface area contributed by atoms with Crippen molar-refractivity contribution in [2.75, 3.05) is 26.2 Å². The first-order chi connectivity index (χ1) is 9.51. The first kappa shape index (κ1) is 16.2. The Labute approximate surface area is 118 Å². The third-order valence-electron chi connectivity index (χ3n) is 3.32. The van der Waals surface area contributed by atoms with Gasteiger partial charge in [-0.25, -0.2) is 9.59 Å². The van der Waals surface area contributed by atoms with Crippen LogP contribution in [0.2, 0.25) is 0 Å². The second-order valence-corrected chi connectivity index (χ2v) is 4.75. The molecule has 0 aliphatic carbocycles. The van der Waals surface area contributed by atoms with Gasteiger partial charge in [-0.3, -0.25) is 10.1 Å². The molecule has 0 aromatic carbocycles. The molecule has 1 saturated heterocycles. The monoisotopic (exact) mass is 283 g/mol. The van der Waals surface area contributed by atoms with Crippen molar-refractivity contribution in [1.29, 1.82) is 0 Å². The zero-order valence-electron chi connectivity index (χ0n) is 11.6. The summed E-state index contributed by atoms with van der Waals surface area (Å²) in [5.74, 6) is -1.55. The summed E-state index contributed by atoms with van der Waals surface area (Å²) in [5, 5.41) is 13.0. The molecule has 0 aromatic heterocycles. The summed E-state index contributed by atoms with van der Waals surface area (Å²) in [6.07, 6.45) is 3.55. The molecule has 1 aliphatic rings. The number of aliphatic carboxylic acids is 1. The molecule has 3 amide bonds. The lowest BCUT2D eigenvalue weighted by Crippen LogP contribution is -2.43. The second-order valence-electron chi connectivity index (χ2n) is 4.75. The number of carboxylic acid groups (broad SMARTS) is 1. The highest BCUT2D eigenvalue weighted by molar-refractivity contribution is 6.02. The number of carbonyl (C=O) groups excluding carboxylic acids is 2. The van der Waals surface area contributed by atoms with Crippen LogP contribution in [0, 0.1) is 5.92 Å². The molecule has 3 N–H and O–H groups in total. The molecule has 0 atom stereocenters. The molecule has 0 bridgehead atoms. The Balaban J connectivity index is 2.20. The number of likely N-dealkylation sites (tertiary alicyclic amines) is 1. The molecule has 0 saturated carbocycles. The topological polar surface area (TPSA) is 98.7 Å². The molecule has 1 heterocycles. The molecule has 1 aliphatic heterocycles. The van der Waals surface area contributed by atoms with Crippen LogP contribution >= 0.6 is 0 Å². The van der Waals surface area contributed by atoms with E-state index in [4.69, 9.17) is 5.11 Å². The lowest BCUT2D eigenvalue weighted by Gasteiger charge is -2.30. The molecule has 112 valence electrons. The van der Waals surface area contributed by atoms with E-state index in [0.717, 1.165) is 38.6 Å². The Kier molecular flexibility index (Phi) is 6.72. The van der Waals surface area contributed by atoms with Crippen LogP contribution in [0.1, 0.15) is 19.8 Å². The number of rotatable bonds is 5. The first-order valence-corrected chi connectivity index (χ1v) is 6.73. The van der Waals surface area contributed by atoms with Crippen molar-refractivity contribution in [2.45, 2.75) is 19.8 Å². The van der Waals surface area contributed by atoms with Gasteiger partial charge in [0, 0.05) is 18.7 Å². The number of carboxylic acids is 1. The van der Waals surface area contributed by atoms with Gasteiger partial charge in [0.15, 0.2) is 0 Å². The number of nitrogens with one attached hydrogen (secondary N) is 2. The quantitative estimate of drug-likeness (QED) is 0.625. The maximum atomic E-state index is 11.4. The van der Waals surface area contributed by atoms with Crippen LogP contribution in [-0.2, 0) is 9.59 Å². The fourth-order valence-electron chi connectivity index (χ4n) is 2.09. The number of piperidine rings is 1. The maximum Gasteiger partial charge on any atom is 0.328 e. The molecular formula is C13H21N3O4. The van der Waals surface area contributed by atoms with Crippen LogP contribution in [0.3, 0.4) is 0 Å². The largest absolute Gasteiger partial charge is 0.478 e. The van der Waals surface area contributed by atoms with Crippen LogP contribution in [0.15, 0.2) is 12.2 Å². The normalized spacial score (nSPS) is 17.1. The van der Waals surface area contributed by atoms with Crippen LogP contribution < -0.4 is 10.6 Å². The molecular weight excluding hydrogens is 262 g/mol. The minimum atomic E-state index is -1.23. The van der Waals surface area contributed by atoms with Crippen LogP contribution in [0.25, 0.3) is 0 Å². The molecule has 0 spiro atoms. The van der Waals surface area contributed by atoms with Crippen LogP contribution in [0.5, 0.6) is 0 Å². The lowest BCUT2D eigenvalue weighted by molar-refractivity contribution is -0.131. The molecule has 1 rings (SSSR count). The highest BCUT2D eigenvalue weighted by Gasteiger charge is 2.18. The summed E-state index contributed by atoms with van der Waals surface area (Å²) < 4.78 is 0. The van der Waals surface area contributed by atoms with Gasteiger partial charge in [0.25, 0.3) is 5.91 Å². The van der Waals surface area contributed by atoms with Crippen molar-refractivity contribution in [3.8, 4) is 0 Å². The third-order valence-corrected chi connectivity index (χ3v) is 3.32. The zero-order valence-corrected chi connectivity index (χ0v) is 11.6. The van der Waals surface area contributed by atoms with Crippen molar-refractivity contribution in [3.05, 3.63) is 12.2 Å². The smallest absolute Gasteiger partial charge is 0.328 e. The van der Waals surface area contributed by atoms with Gasteiger partial charge in [0.1, 0.15) is 0 Å². The Morgan fingerprint density at radius 2 is 1.90 bits per heavy atom. The first-order valence-electron chi connectivity index (χ1n) is 6.73. The van der Waals surface area contributed by atoms with Crippen molar-refractivity contribution in [2.24, 2.45) is 5.92 Å². The highest BCUT2D eigenvalue weighted by Crippen LogP contribution is 2.15. The Bertz CT molecular complexity index is 387. The summed E-state index contributed by atoms with van der Waals surface area (Å²) >= 11 is 0. The van der Waals surface area contributed by atoms with Crippen molar-refractivity contribution in [3.63, 3.8) is 0 Å². The number of carbonyl (C=O) groups is 3. The average Bonchev–Trinajstić information content (AvgIpc) is 2.43. The van der Waals surface area contributed by atoms with Gasteiger partial charge >= 0.3 is 12.0 Å². The van der Waals surface area contributed by atoms with E-state index in [-0.39, 0.29) is 0 Å². The van der Waals surface area contributed by atoms with E-state index < -0.39 is 17.9 Å². The fourth-order valence-corrected chi connectivity index (χ4v) is 2.09. The van der Waals surface area contributed by atoms with Gasteiger partial charge in [0.05, 0.1) is 0 Å². The molecule has 1 fully saturated rings. The zero-order chi connectivity index (χ0) is 15.0. The number of nitrogens with zero attached hydrogens (tertiary/aromatic N) is 1. The minimum Gasteiger partial charge on any atom is -0.478 e. The summed E-state index contributed by atoms with van der Waals surface area (Å²) in [6, 6.07) is -0.594. The molecule has 7 heteroatoms. The Morgan fingerprint density at radius 3 is 2.45 bits per heavy atom. The Morgan fingerprint density at radius 1 is 1.25 bits per heavy atom. The van der Waals surface area contributed by atoms with E-state index in [1.165, 1.54) is 0 Å². The minimum absolute atomic E-state index is 0.424. The van der Waals surface area contributed by atoms with Crippen molar-refractivity contribution >= 4 is 17.9 Å². The summed E-state index contributed by atoms with van der Waals surface area (Å²) in [6.45, 7) is 5.77. The van der Waals surface area contributed by atoms with Crippen molar-refractivity contribution < 1.29 is 19.5 Å². The van der Waals surface area contributed by atoms with E-state index >= 15 is 0 Å². The van der Waals surface area contributed by atoms with E-state index in [0.29, 0.717) is 18.5 Å². The van der Waals surface area contributed by atoms with E-state index in [9.17, 15) is 14.4 Å². The van der Waals surface area contributed by atoms with Gasteiger partial charge in [-0.15, -0.1) is 0 Å². The number of imide groups is 1. The maximum absolute atomic E-state index is 11.4. The number of hydrogen-bond donors (Lipinski definition) is 3. The standard InChI is InChI=1S/C13H21N3O4/c1-2-16-7-5-10(6-8-16)9-14-13(20)15-11(17)3-4-12(18)19/h3-4,10H,2,5-9H2,1H3,(H,18,19)(H2,14,15,17,20). The molecule has 20 heavy (non-hydrogen) atoms. The van der Waals surface area contributed by atoms with Crippen LogP contribution in [-0.4, -0.2) is 54.1 Å².